The van der Waals surface area contributed by atoms with Gasteiger partial charge in [0.1, 0.15) is 0 Å². The van der Waals surface area contributed by atoms with Crippen LogP contribution in [0.1, 0.15) is 0 Å². The fourth-order valence-corrected chi connectivity index (χ4v) is 1.02. The van der Waals surface area contributed by atoms with Gasteiger partial charge in [0, 0.05) is 26.7 Å². The molecule has 0 saturated carbocycles. The van der Waals surface area contributed by atoms with E-state index < -0.39 is 11.9 Å². The number of ether oxygens (including phenoxy) is 1. The van der Waals surface area contributed by atoms with Gasteiger partial charge in [0.05, 0.1) is 19.3 Å². The summed E-state index contributed by atoms with van der Waals surface area (Å²) in [6.45, 7) is 1.99. The van der Waals surface area contributed by atoms with E-state index in [0.29, 0.717) is 26.2 Å². The average Bonchev–Trinajstić information content (AvgIpc) is 2.14. The maximum atomic E-state index is 10.7. The van der Waals surface area contributed by atoms with E-state index in [9.17, 15) is 4.79 Å². The Balaban J connectivity index is 3.87. The first kappa shape index (κ1) is 13.3. The number of rotatable bonds is 8. The minimum atomic E-state index is -0.696. The normalized spacial score (nSPS) is 13.1. The molecular formula is C8H19N3O3. The molecule has 6 nitrogen and oxygen atoms in total. The summed E-state index contributed by atoms with van der Waals surface area (Å²) in [6, 6.07) is -0.696. The molecule has 0 aromatic heterocycles. The van der Waals surface area contributed by atoms with Crippen molar-refractivity contribution < 1.29 is 14.6 Å². The molecule has 0 heterocycles. The van der Waals surface area contributed by atoms with Gasteiger partial charge in [-0.15, -0.1) is 0 Å². The molecule has 0 bridgehead atoms. The number of carbonyl (C=O) groups excluding carboxylic acids is 1. The Labute approximate surface area is 83.8 Å². The quantitative estimate of drug-likeness (QED) is 0.415. The molecule has 5 N–H and O–H groups in total. The molecule has 0 fully saturated rings. The molecule has 1 amide bonds. The smallest absolute Gasteiger partial charge is 0.235 e. The SMILES string of the molecule is COCCN(CCO)CC(N)C(N)=O. The van der Waals surface area contributed by atoms with Crippen LogP contribution in [0.25, 0.3) is 0 Å². The van der Waals surface area contributed by atoms with Crippen LogP contribution in [0.2, 0.25) is 0 Å². The first-order valence-electron chi connectivity index (χ1n) is 4.48. The predicted octanol–water partition coefficient (Wildman–Crippen LogP) is -2.26. The number of aliphatic hydroxyl groups is 1. The zero-order valence-electron chi connectivity index (χ0n) is 8.48. The number of aliphatic hydroxyl groups excluding tert-OH is 1. The summed E-state index contributed by atoms with van der Waals surface area (Å²) < 4.78 is 4.88. The molecule has 0 aliphatic carbocycles. The molecule has 0 saturated heterocycles. The number of nitrogens with two attached hydrogens (primary N) is 2. The maximum Gasteiger partial charge on any atom is 0.235 e. The maximum absolute atomic E-state index is 10.7. The lowest BCUT2D eigenvalue weighted by atomic mass is 10.2. The van der Waals surface area contributed by atoms with Gasteiger partial charge in [-0.3, -0.25) is 9.69 Å². The molecule has 0 radical (unpaired) electrons. The predicted molar refractivity (Wildman–Crippen MR) is 52.6 cm³/mol. The Morgan fingerprint density at radius 1 is 1.57 bits per heavy atom. The van der Waals surface area contributed by atoms with Crippen LogP contribution in [0, 0.1) is 0 Å². The Hall–Kier alpha value is -0.690. The highest BCUT2D eigenvalue weighted by molar-refractivity contribution is 5.79. The Morgan fingerprint density at radius 3 is 2.64 bits per heavy atom. The van der Waals surface area contributed by atoms with Crippen LogP contribution in [0.4, 0.5) is 0 Å². The fraction of sp³-hybridized carbons (Fsp3) is 0.875. The van der Waals surface area contributed by atoms with E-state index >= 15 is 0 Å². The number of carbonyl (C=O) groups is 1. The van der Waals surface area contributed by atoms with E-state index in [1.807, 2.05) is 4.90 Å². The van der Waals surface area contributed by atoms with Crippen molar-refractivity contribution in [2.24, 2.45) is 11.5 Å². The number of hydrogen-bond acceptors (Lipinski definition) is 5. The van der Waals surface area contributed by atoms with Crippen LogP contribution < -0.4 is 11.5 Å². The molecule has 0 aromatic carbocycles. The Kier molecular flexibility index (Phi) is 7.31. The Bertz CT molecular complexity index is 166. The minimum Gasteiger partial charge on any atom is -0.395 e. The summed E-state index contributed by atoms with van der Waals surface area (Å²) in [5.41, 5.74) is 10.5. The highest BCUT2D eigenvalue weighted by atomic mass is 16.5. The standard InChI is InChI=1S/C8H19N3O3/c1-14-5-3-11(2-4-12)6-7(9)8(10)13/h7,12H,2-6,9H2,1H3,(H2,10,13). The molecule has 6 heteroatoms. The lowest BCUT2D eigenvalue weighted by Crippen LogP contribution is -2.47. The molecule has 84 valence electrons. The minimum absolute atomic E-state index is 0.0230. The second-order valence-electron chi connectivity index (χ2n) is 3.03. The van der Waals surface area contributed by atoms with E-state index in [2.05, 4.69) is 0 Å². The number of nitrogens with zero attached hydrogens (tertiary/aromatic N) is 1. The van der Waals surface area contributed by atoms with E-state index in [1.54, 1.807) is 7.11 Å². The van der Waals surface area contributed by atoms with Crippen molar-refractivity contribution in [2.45, 2.75) is 6.04 Å². The zero-order valence-corrected chi connectivity index (χ0v) is 8.48. The van der Waals surface area contributed by atoms with Crippen LogP contribution in [-0.2, 0) is 9.53 Å². The molecule has 0 rings (SSSR count). The van der Waals surface area contributed by atoms with Crippen molar-refractivity contribution in [3.05, 3.63) is 0 Å². The van der Waals surface area contributed by atoms with Gasteiger partial charge >= 0.3 is 0 Å². The van der Waals surface area contributed by atoms with Gasteiger partial charge in [0.2, 0.25) is 5.91 Å². The van der Waals surface area contributed by atoms with Gasteiger partial charge in [-0.05, 0) is 0 Å². The molecule has 14 heavy (non-hydrogen) atoms. The first-order valence-corrected chi connectivity index (χ1v) is 4.48. The largest absolute Gasteiger partial charge is 0.395 e. The van der Waals surface area contributed by atoms with Crippen molar-refractivity contribution in [1.29, 1.82) is 0 Å². The highest BCUT2D eigenvalue weighted by Gasteiger charge is 2.14. The highest BCUT2D eigenvalue weighted by Crippen LogP contribution is 1.90. The molecule has 0 spiro atoms. The van der Waals surface area contributed by atoms with Crippen molar-refractivity contribution in [2.75, 3.05) is 40.0 Å². The summed E-state index contributed by atoms with van der Waals surface area (Å²) in [4.78, 5) is 12.5. The molecule has 1 atom stereocenters. The average molecular weight is 205 g/mol. The van der Waals surface area contributed by atoms with Crippen molar-refractivity contribution in [3.63, 3.8) is 0 Å². The number of hydrogen-bond donors (Lipinski definition) is 3. The number of primary amides is 1. The van der Waals surface area contributed by atoms with Crippen LogP contribution in [0.15, 0.2) is 0 Å². The summed E-state index contributed by atoms with van der Waals surface area (Å²) in [6.07, 6.45) is 0. The second kappa shape index (κ2) is 7.69. The third-order valence-corrected chi connectivity index (χ3v) is 1.85. The van der Waals surface area contributed by atoms with Gasteiger partial charge in [-0.1, -0.05) is 0 Å². The van der Waals surface area contributed by atoms with Crippen LogP contribution in [0.5, 0.6) is 0 Å². The third kappa shape index (κ3) is 5.87. The van der Waals surface area contributed by atoms with Gasteiger partial charge in [0.15, 0.2) is 0 Å². The summed E-state index contributed by atoms with van der Waals surface area (Å²) in [5.74, 6) is -0.537. The summed E-state index contributed by atoms with van der Waals surface area (Å²) in [5, 5.41) is 8.75. The van der Waals surface area contributed by atoms with Crippen molar-refractivity contribution in [1.82, 2.24) is 4.90 Å². The molecular weight excluding hydrogens is 186 g/mol. The molecule has 0 aromatic rings. The summed E-state index contributed by atoms with van der Waals surface area (Å²) in [7, 11) is 1.59. The van der Waals surface area contributed by atoms with E-state index in [0.717, 1.165) is 0 Å². The number of amides is 1. The van der Waals surface area contributed by atoms with Crippen LogP contribution in [-0.4, -0.2) is 61.9 Å². The Morgan fingerprint density at radius 2 is 2.21 bits per heavy atom. The van der Waals surface area contributed by atoms with Gasteiger partial charge in [0.25, 0.3) is 0 Å². The van der Waals surface area contributed by atoms with E-state index in [4.69, 9.17) is 21.3 Å². The topological polar surface area (TPSA) is 102 Å². The van der Waals surface area contributed by atoms with Gasteiger partial charge in [-0.2, -0.15) is 0 Å². The lowest BCUT2D eigenvalue weighted by molar-refractivity contribution is -0.119. The fourth-order valence-electron chi connectivity index (χ4n) is 1.02. The number of methoxy groups -OCH3 is 1. The zero-order chi connectivity index (χ0) is 11.0. The molecule has 1 unspecified atom stereocenters. The van der Waals surface area contributed by atoms with E-state index in [1.165, 1.54) is 0 Å². The van der Waals surface area contributed by atoms with Crippen LogP contribution >= 0.6 is 0 Å². The van der Waals surface area contributed by atoms with Crippen molar-refractivity contribution in [3.8, 4) is 0 Å². The van der Waals surface area contributed by atoms with Crippen molar-refractivity contribution >= 4 is 5.91 Å². The summed E-state index contributed by atoms with van der Waals surface area (Å²) >= 11 is 0. The van der Waals surface area contributed by atoms with Crippen LogP contribution in [0.3, 0.4) is 0 Å². The van der Waals surface area contributed by atoms with Gasteiger partial charge < -0.3 is 21.3 Å². The lowest BCUT2D eigenvalue weighted by Gasteiger charge is -2.22. The second-order valence-corrected chi connectivity index (χ2v) is 3.03. The van der Waals surface area contributed by atoms with E-state index in [-0.39, 0.29) is 6.61 Å². The first-order chi connectivity index (χ1) is 6.61. The third-order valence-electron chi connectivity index (χ3n) is 1.85. The molecule has 0 aliphatic heterocycles. The monoisotopic (exact) mass is 205 g/mol. The van der Waals surface area contributed by atoms with Gasteiger partial charge in [-0.25, -0.2) is 0 Å². The molecule has 0 aliphatic rings.